The molecule has 3 aromatic rings. The SMILES string of the molecule is Cc1nc2c(N)nc(NCc3ccccc3)nc2s1. The number of fused-ring (bicyclic) bond motifs is 1. The zero-order chi connectivity index (χ0) is 13.2. The van der Waals surface area contributed by atoms with Gasteiger partial charge in [0.15, 0.2) is 10.6 Å². The van der Waals surface area contributed by atoms with Gasteiger partial charge in [0.25, 0.3) is 0 Å². The Labute approximate surface area is 114 Å². The van der Waals surface area contributed by atoms with Crippen LogP contribution in [0.15, 0.2) is 30.3 Å². The second-order valence-corrected chi connectivity index (χ2v) is 5.34. The summed E-state index contributed by atoms with van der Waals surface area (Å²) >= 11 is 1.52. The summed E-state index contributed by atoms with van der Waals surface area (Å²) in [5, 5.41) is 4.12. The minimum Gasteiger partial charge on any atom is -0.382 e. The normalized spacial score (nSPS) is 10.8. The maximum absolute atomic E-state index is 5.89. The van der Waals surface area contributed by atoms with Gasteiger partial charge in [-0.25, -0.2) is 9.97 Å². The first-order valence-electron chi connectivity index (χ1n) is 5.91. The molecule has 0 bridgehead atoms. The molecule has 19 heavy (non-hydrogen) atoms. The van der Waals surface area contributed by atoms with Crippen LogP contribution in [0.4, 0.5) is 11.8 Å². The fourth-order valence-corrected chi connectivity index (χ4v) is 2.60. The third-order valence-corrected chi connectivity index (χ3v) is 3.55. The summed E-state index contributed by atoms with van der Waals surface area (Å²) in [6, 6.07) is 10.1. The van der Waals surface area contributed by atoms with Crippen LogP contribution in [0.3, 0.4) is 0 Å². The molecule has 3 rings (SSSR count). The van der Waals surface area contributed by atoms with E-state index in [4.69, 9.17) is 5.73 Å². The van der Waals surface area contributed by atoms with E-state index >= 15 is 0 Å². The van der Waals surface area contributed by atoms with Gasteiger partial charge in [0, 0.05) is 6.54 Å². The number of anilines is 2. The Morgan fingerprint density at radius 2 is 1.95 bits per heavy atom. The van der Waals surface area contributed by atoms with Crippen molar-refractivity contribution in [1.82, 2.24) is 15.0 Å². The summed E-state index contributed by atoms with van der Waals surface area (Å²) in [6.45, 7) is 2.60. The third kappa shape index (κ3) is 2.48. The van der Waals surface area contributed by atoms with Gasteiger partial charge in [-0.1, -0.05) is 41.7 Å². The highest BCUT2D eigenvalue weighted by atomic mass is 32.1. The van der Waals surface area contributed by atoms with Gasteiger partial charge in [0.1, 0.15) is 5.52 Å². The number of hydrogen-bond acceptors (Lipinski definition) is 6. The van der Waals surface area contributed by atoms with Gasteiger partial charge in [-0.05, 0) is 12.5 Å². The number of hydrogen-bond donors (Lipinski definition) is 2. The number of nitrogen functional groups attached to an aromatic ring is 1. The Kier molecular flexibility index (Phi) is 3.00. The smallest absolute Gasteiger partial charge is 0.226 e. The molecular formula is C13H13N5S. The van der Waals surface area contributed by atoms with Crippen LogP contribution in [0.25, 0.3) is 10.3 Å². The molecule has 6 heteroatoms. The number of nitrogens with one attached hydrogen (secondary N) is 1. The topological polar surface area (TPSA) is 76.7 Å². The molecule has 0 fully saturated rings. The van der Waals surface area contributed by atoms with E-state index in [0.29, 0.717) is 23.8 Å². The molecule has 3 N–H and O–H groups in total. The van der Waals surface area contributed by atoms with E-state index in [1.54, 1.807) is 0 Å². The molecule has 0 aliphatic rings. The molecule has 2 aromatic heterocycles. The molecule has 0 spiro atoms. The molecule has 5 nitrogen and oxygen atoms in total. The van der Waals surface area contributed by atoms with E-state index in [-0.39, 0.29) is 0 Å². The highest BCUT2D eigenvalue weighted by molar-refractivity contribution is 7.18. The van der Waals surface area contributed by atoms with Gasteiger partial charge >= 0.3 is 0 Å². The Hall–Kier alpha value is -2.21. The Bertz CT molecular complexity index is 708. The number of nitrogens with two attached hydrogens (primary N) is 1. The molecule has 0 aliphatic carbocycles. The Morgan fingerprint density at radius 3 is 2.74 bits per heavy atom. The highest BCUT2D eigenvalue weighted by Crippen LogP contribution is 2.24. The lowest BCUT2D eigenvalue weighted by Crippen LogP contribution is -2.05. The summed E-state index contributed by atoms with van der Waals surface area (Å²) < 4.78 is 0. The lowest BCUT2D eigenvalue weighted by molar-refractivity contribution is 1.08. The Morgan fingerprint density at radius 1 is 1.16 bits per heavy atom. The first-order chi connectivity index (χ1) is 9.22. The predicted octanol–water partition coefficient (Wildman–Crippen LogP) is 2.59. The molecule has 0 saturated heterocycles. The fraction of sp³-hybridized carbons (Fsp3) is 0.154. The third-order valence-electron chi connectivity index (χ3n) is 2.69. The van der Waals surface area contributed by atoms with Gasteiger partial charge in [0.2, 0.25) is 5.95 Å². The fourth-order valence-electron chi connectivity index (χ4n) is 1.80. The second kappa shape index (κ2) is 4.81. The van der Waals surface area contributed by atoms with E-state index in [2.05, 4.69) is 20.3 Å². The van der Waals surface area contributed by atoms with Crippen molar-refractivity contribution in [3.63, 3.8) is 0 Å². The number of aromatic nitrogens is 3. The number of thiazole rings is 1. The molecule has 0 atom stereocenters. The van der Waals surface area contributed by atoms with Crippen molar-refractivity contribution in [3.8, 4) is 0 Å². The minimum atomic E-state index is 0.421. The first-order valence-corrected chi connectivity index (χ1v) is 6.72. The van der Waals surface area contributed by atoms with Crippen molar-refractivity contribution >= 4 is 33.5 Å². The molecule has 2 heterocycles. The van der Waals surface area contributed by atoms with Crippen molar-refractivity contribution in [3.05, 3.63) is 40.9 Å². The van der Waals surface area contributed by atoms with Crippen LogP contribution in [0, 0.1) is 6.92 Å². The maximum Gasteiger partial charge on any atom is 0.226 e. The van der Waals surface area contributed by atoms with Crippen molar-refractivity contribution in [2.45, 2.75) is 13.5 Å². The van der Waals surface area contributed by atoms with Crippen LogP contribution in [0.1, 0.15) is 10.6 Å². The molecular weight excluding hydrogens is 258 g/mol. The zero-order valence-electron chi connectivity index (χ0n) is 10.4. The largest absolute Gasteiger partial charge is 0.382 e. The van der Waals surface area contributed by atoms with E-state index in [9.17, 15) is 0 Å². The van der Waals surface area contributed by atoms with Gasteiger partial charge < -0.3 is 11.1 Å². The molecule has 0 saturated carbocycles. The van der Waals surface area contributed by atoms with E-state index in [1.807, 2.05) is 37.3 Å². The lowest BCUT2D eigenvalue weighted by atomic mass is 10.2. The zero-order valence-corrected chi connectivity index (χ0v) is 11.2. The molecule has 0 radical (unpaired) electrons. The molecule has 0 aliphatic heterocycles. The van der Waals surface area contributed by atoms with Crippen molar-refractivity contribution in [1.29, 1.82) is 0 Å². The number of nitrogens with zero attached hydrogens (tertiary/aromatic N) is 3. The summed E-state index contributed by atoms with van der Waals surface area (Å²) in [7, 11) is 0. The first kappa shape index (κ1) is 11.9. The highest BCUT2D eigenvalue weighted by Gasteiger charge is 2.09. The van der Waals surface area contributed by atoms with E-state index < -0.39 is 0 Å². The van der Waals surface area contributed by atoms with E-state index in [1.165, 1.54) is 16.9 Å². The second-order valence-electron chi connectivity index (χ2n) is 4.16. The quantitative estimate of drug-likeness (QED) is 0.765. The maximum atomic E-state index is 5.89. The van der Waals surface area contributed by atoms with Crippen LogP contribution in [-0.2, 0) is 6.54 Å². The molecule has 0 unspecified atom stereocenters. The monoisotopic (exact) mass is 271 g/mol. The molecule has 0 amide bonds. The summed E-state index contributed by atoms with van der Waals surface area (Å²) in [4.78, 5) is 13.8. The average Bonchev–Trinajstić information content (AvgIpc) is 2.79. The summed E-state index contributed by atoms with van der Waals surface area (Å²) in [5.74, 6) is 0.961. The van der Waals surface area contributed by atoms with Crippen LogP contribution in [0.5, 0.6) is 0 Å². The van der Waals surface area contributed by atoms with Crippen molar-refractivity contribution in [2.24, 2.45) is 0 Å². The number of benzene rings is 1. The molecule has 96 valence electrons. The van der Waals surface area contributed by atoms with Crippen LogP contribution >= 0.6 is 11.3 Å². The minimum absolute atomic E-state index is 0.421. The number of aryl methyl sites for hydroxylation is 1. The molecule has 1 aromatic carbocycles. The average molecular weight is 271 g/mol. The van der Waals surface area contributed by atoms with Gasteiger partial charge in [-0.3, -0.25) is 0 Å². The van der Waals surface area contributed by atoms with Crippen molar-refractivity contribution in [2.75, 3.05) is 11.1 Å². The van der Waals surface area contributed by atoms with Gasteiger partial charge in [-0.2, -0.15) is 4.98 Å². The van der Waals surface area contributed by atoms with Crippen LogP contribution in [0.2, 0.25) is 0 Å². The number of rotatable bonds is 3. The summed E-state index contributed by atoms with van der Waals surface area (Å²) in [6.07, 6.45) is 0. The Balaban J connectivity index is 1.85. The summed E-state index contributed by atoms with van der Waals surface area (Å²) in [5.41, 5.74) is 7.75. The van der Waals surface area contributed by atoms with Crippen LogP contribution in [-0.4, -0.2) is 15.0 Å². The standard InChI is InChI=1S/C13H13N5S/c1-8-16-10-11(14)17-13(18-12(10)19-8)15-7-9-5-3-2-4-6-9/h2-6H,7H2,1H3,(H3,14,15,17,18). The van der Waals surface area contributed by atoms with Crippen LogP contribution < -0.4 is 11.1 Å². The van der Waals surface area contributed by atoms with Gasteiger partial charge in [-0.15, -0.1) is 0 Å². The predicted molar refractivity (Wildman–Crippen MR) is 78.1 cm³/mol. The van der Waals surface area contributed by atoms with Gasteiger partial charge in [0.05, 0.1) is 5.01 Å². The van der Waals surface area contributed by atoms with E-state index in [0.717, 1.165) is 9.84 Å². The van der Waals surface area contributed by atoms with Crippen molar-refractivity contribution < 1.29 is 0 Å². The lowest BCUT2D eigenvalue weighted by Gasteiger charge is -2.05.